The van der Waals surface area contributed by atoms with Gasteiger partial charge in [0.15, 0.2) is 11.1 Å². The maximum Gasteiger partial charge on any atom is 0.170 e. The Kier molecular flexibility index (Phi) is 3.23. The van der Waals surface area contributed by atoms with Gasteiger partial charge in [-0.1, -0.05) is 0 Å². The highest BCUT2D eigenvalue weighted by Crippen LogP contribution is 2.51. The van der Waals surface area contributed by atoms with Crippen molar-refractivity contribution < 1.29 is 0 Å². The summed E-state index contributed by atoms with van der Waals surface area (Å²) in [6.07, 6.45) is 0. The summed E-state index contributed by atoms with van der Waals surface area (Å²) in [5.41, 5.74) is 2.93. The van der Waals surface area contributed by atoms with Crippen molar-refractivity contribution in [3.63, 3.8) is 0 Å². The molecule has 114 valence electrons. The predicted molar refractivity (Wildman–Crippen MR) is 87.0 cm³/mol. The Labute approximate surface area is 138 Å². The van der Waals surface area contributed by atoms with Crippen molar-refractivity contribution in [2.75, 3.05) is 34.5 Å². The number of nitriles is 4. The Morgan fingerprint density at radius 3 is 1.38 bits per heavy atom. The first kappa shape index (κ1) is 14.8. The number of rotatable bonds is 0. The molecule has 0 atom stereocenters. The number of allylic oxidation sites excluding steroid dienone is 2. The van der Waals surface area contributed by atoms with Crippen molar-refractivity contribution in [1.29, 1.82) is 21.0 Å². The van der Waals surface area contributed by atoms with Crippen LogP contribution in [-0.2, 0) is 0 Å². The van der Waals surface area contributed by atoms with Gasteiger partial charge in [0.25, 0.3) is 0 Å². The van der Waals surface area contributed by atoms with Crippen LogP contribution >= 0.6 is 0 Å². The summed E-state index contributed by atoms with van der Waals surface area (Å²) < 4.78 is 0. The van der Waals surface area contributed by atoms with Crippen LogP contribution in [0.5, 0.6) is 0 Å². The maximum absolute atomic E-state index is 9.11. The molecule has 2 heterocycles. The van der Waals surface area contributed by atoms with Crippen LogP contribution in [0.2, 0.25) is 0 Å². The second kappa shape index (κ2) is 5.25. The third-order valence-electron chi connectivity index (χ3n) is 3.92. The molecular formula is C16H10N8. The van der Waals surface area contributed by atoms with Crippen LogP contribution in [0.1, 0.15) is 0 Å². The average Bonchev–Trinajstić information content (AvgIpc) is 3.09. The molecule has 0 radical (unpaired) electrons. The minimum Gasteiger partial charge on any atom is -0.338 e. The largest absolute Gasteiger partial charge is 0.338 e. The van der Waals surface area contributed by atoms with Crippen molar-refractivity contribution in [2.45, 2.75) is 0 Å². The van der Waals surface area contributed by atoms with E-state index in [4.69, 9.17) is 21.0 Å². The Morgan fingerprint density at radius 2 is 1.08 bits per heavy atom. The van der Waals surface area contributed by atoms with E-state index in [1.807, 2.05) is 36.4 Å². The molecule has 1 aromatic rings. The molecule has 0 aromatic heterocycles. The summed E-state index contributed by atoms with van der Waals surface area (Å²) in [6.45, 7) is 0. The van der Waals surface area contributed by atoms with Gasteiger partial charge in [-0.05, 0) is 12.1 Å². The Bertz CT molecular complexity index is 874. The van der Waals surface area contributed by atoms with Gasteiger partial charge in [-0.25, -0.2) is 0 Å². The number of nitrogens with one attached hydrogen (secondary N) is 2. The molecule has 0 amide bonds. The fourth-order valence-electron chi connectivity index (χ4n) is 2.83. The molecule has 24 heavy (non-hydrogen) atoms. The summed E-state index contributed by atoms with van der Waals surface area (Å²) in [4.78, 5) is 3.44. The average molecular weight is 314 g/mol. The van der Waals surface area contributed by atoms with Gasteiger partial charge in [-0.15, -0.1) is 0 Å². The van der Waals surface area contributed by atoms with Gasteiger partial charge in [0, 0.05) is 14.1 Å². The zero-order valence-electron chi connectivity index (χ0n) is 12.8. The highest BCUT2D eigenvalue weighted by Gasteiger charge is 2.34. The van der Waals surface area contributed by atoms with Gasteiger partial charge < -0.3 is 20.4 Å². The molecule has 0 saturated heterocycles. The first-order valence-electron chi connectivity index (χ1n) is 6.84. The summed E-state index contributed by atoms with van der Waals surface area (Å²) >= 11 is 0. The van der Waals surface area contributed by atoms with E-state index in [0.29, 0.717) is 11.6 Å². The normalized spacial score (nSPS) is 13.6. The van der Waals surface area contributed by atoms with Crippen LogP contribution in [-0.4, -0.2) is 14.1 Å². The first-order chi connectivity index (χ1) is 11.6. The van der Waals surface area contributed by atoms with E-state index in [0.717, 1.165) is 22.7 Å². The minimum atomic E-state index is -0.0263. The van der Waals surface area contributed by atoms with Crippen molar-refractivity contribution in [3.8, 4) is 24.3 Å². The van der Waals surface area contributed by atoms with E-state index < -0.39 is 0 Å². The van der Waals surface area contributed by atoms with Crippen LogP contribution in [0.15, 0.2) is 34.9 Å². The monoisotopic (exact) mass is 314 g/mol. The van der Waals surface area contributed by atoms with Gasteiger partial charge in [0.1, 0.15) is 35.9 Å². The summed E-state index contributed by atoms with van der Waals surface area (Å²) in [5, 5.41) is 42.6. The maximum atomic E-state index is 9.11. The number of fused-ring (bicyclic) bond motifs is 3. The number of hydrogen-bond donors (Lipinski definition) is 2. The van der Waals surface area contributed by atoms with Gasteiger partial charge in [0.2, 0.25) is 0 Å². The van der Waals surface area contributed by atoms with Crippen LogP contribution in [0.3, 0.4) is 0 Å². The standard InChI is InChI=1S/C16H10N8/c1-23-13-11(21-15(23)9(5-17)6-18)3-4-12-14(13)24(2)16(22-12)10(7-19)8-20/h3-4,21-22H,1-2H3. The highest BCUT2D eigenvalue weighted by molar-refractivity contribution is 6.01. The van der Waals surface area contributed by atoms with Crippen LogP contribution in [0, 0.1) is 45.3 Å². The fraction of sp³-hybridized carbons (Fsp3) is 0.125. The molecule has 1 aromatic carbocycles. The van der Waals surface area contributed by atoms with E-state index in [2.05, 4.69) is 10.6 Å². The quantitative estimate of drug-likeness (QED) is 0.696. The molecule has 0 aliphatic carbocycles. The van der Waals surface area contributed by atoms with E-state index >= 15 is 0 Å². The van der Waals surface area contributed by atoms with E-state index in [-0.39, 0.29) is 11.1 Å². The molecule has 8 heteroatoms. The summed E-state index contributed by atoms with van der Waals surface area (Å²) in [6, 6.07) is 11.1. The van der Waals surface area contributed by atoms with Crippen LogP contribution in [0.4, 0.5) is 22.7 Å². The second-order valence-corrected chi connectivity index (χ2v) is 5.12. The Balaban J connectivity index is 2.20. The summed E-state index contributed by atoms with van der Waals surface area (Å²) in [5.74, 6) is 0.796. The predicted octanol–water partition coefficient (Wildman–Crippen LogP) is 1.93. The lowest BCUT2D eigenvalue weighted by Crippen LogP contribution is -2.20. The number of hydrogen-bond acceptors (Lipinski definition) is 8. The molecule has 0 saturated carbocycles. The Morgan fingerprint density at radius 1 is 0.750 bits per heavy atom. The topological polar surface area (TPSA) is 126 Å². The molecule has 2 aliphatic rings. The molecule has 3 rings (SSSR count). The van der Waals surface area contributed by atoms with Crippen LogP contribution < -0.4 is 20.4 Å². The van der Waals surface area contributed by atoms with Crippen molar-refractivity contribution in [2.24, 2.45) is 0 Å². The van der Waals surface area contributed by atoms with E-state index in [1.54, 1.807) is 23.9 Å². The number of anilines is 4. The van der Waals surface area contributed by atoms with Crippen molar-refractivity contribution in [1.82, 2.24) is 0 Å². The first-order valence-corrected chi connectivity index (χ1v) is 6.84. The lowest BCUT2D eigenvalue weighted by Gasteiger charge is -2.20. The minimum absolute atomic E-state index is 0.0263. The van der Waals surface area contributed by atoms with E-state index in [1.165, 1.54) is 0 Å². The third kappa shape index (κ3) is 1.82. The molecule has 2 aliphatic heterocycles. The lowest BCUT2D eigenvalue weighted by atomic mass is 10.2. The lowest BCUT2D eigenvalue weighted by molar-refractivity contribution is 1.10. The molecule has 0 spiro atoms. The molecular weight excluding hydrogens is 304 g/mol. The van der Waals surface area contributed by atoms with Crippen molar-refractivity contribution in [3.05, 3.63) is 34.9 Å². The van der Waals surface area contributed by atoms with Gasteiger partial charge in [-0.2, -0.15) is 21.0 Å². The molecule has 0 unspecified atom stereocenters. The SMILES string of the molecule is CN1C(=C(C#N)C#N)Nc2ccc3c(c21)N(C)C(=C(C#N)C#N)N3. The third-order valence-corrected chi connectivity index (χ3v) is 3.92. The van der Waals surface area contributed by atoms with Gasteiger partial charge >= 0.3 is 0 Å². The van der Waals surface area contributed by atoms with Gasteiger partial charge in [0.05, 0.1) is 22.7 Å². The molecule has 0 bridgehead atoms. The Hall–Kier alpha value is -4.14. The fourth-order valence-corrected chi connectivity index (χ4v) is 2.83. The second-order valence-electron chi connectivity index (χ2n) is 5.12. The van der Waals surface area contributed by atoms with Crippen molar-refractivity contribution >= 4 is 22.7 Å². The smallest absolute Gasteiger partial charge is 0.170 e. The zero-order valence-corrected chi connectivity index (χ0v) is 12.8. The van der Waals surface area contributed by atoms with Gasteiger partial charge in [-0.3, -0.25) is 0 Å². The van der Waals surface area contributed by atoms with Crippen LogP contribution in [0.25, 0.3) is 0 Å². The molecule has 2 N–H and O–H groups in total. The highest BCUT2D eigenvalue weighted by atomic mass is 15.4. The molecule has 0 fully saturated rings. The summed E-state index contributed by atoms with van der Waals surface area (Å²) in [7, 11) is 3.49. The number of nitrogens with zero attached hydrogens (tertiary/aromatic N) is 6. The van der Waals surface area contributed by atoms with E-state index in [9.17, 15) is 0 Å². The number of benzene rings is 1. The zero-order chi connectivity index (χ0) is 17.4. The molecule has 8 nitrogen and oxygen atoms in total.